The lowest BCUT2D eigenvalue weighted by Gasteiger charge is -2.07. The number of hydrogen-bond acceptors (Lipinski definition) is 2. The van der Waals surface area contributed by atoms with E-state index in [4.69, 9.17) is 0 Å². The Kier molecular flexibility index (Phi) is 2.28. The molecular formula is C12H18N2O. The highest BCUT2D eigenvalue weighted by molar-refractivity contribution is 5.32. The van der Waals surface area contributed by atoms with Crippen LogP contribution in [-0.4, -0.2) is 15.3 Å². The molecule has 0 spiro atoms. The number of aromatic amines is 1. The second-order valence-electron chi connectivity index (χ2n) is 4.91. The fraction of sp³-hybridized carbons (Fsp3) is 0.750. The number of hydrogen-bond donors (Lipinski definition) is 2. The summed E-state index contributed by atoms with van der Waals surface area (Å²) in [7, 11) is 0. The van der Waals surface area contributed by atoms with E-state index in [9.17, 15) is 5.11 Å². The van der Waals surface area contributed by atoms with Crippen molar-refractivity contribution in [1.29, 1.82) is 0 Å². The van der Waals surface area contributed by atoms with Crippen LogP contribution in [0.15, 0.2) is 0 Å². The number of rotatable bonds is 3. The standard InChI is InChI=1S/C12H18N2O/c15-7-10-11(8-3-1-2-4-8)13-14-12(10)9-5-6-9/h8-9,15H,1-7H2,(H,13,14). The molecule has 0 amide bonds. The van der Waals surface area contributed by atoms with Crippen LogP contribution < -0.4 is 0 Å². The predicted octanol–water partition coefficient (Wildman–Crippen LogP) is 2.44. The number of aliphatic hydroxyl groups excluding tert-OH is 1. The number of aromatic nitrogens is 2. The molecule has 2 fully saturated rings. The minimum absolute atomic E-state index is 0.161. The summed E-state index contributed by atoms with van der Waals surface area (Å²) in [4.78, 5) is 0. The smallest absolute Gasteiger partial charge is 0.0718 e. The van der Waals surface area contributed by atoms with Crippen LogP contribution in [0.4, 0.5) is 0 Å². The van der Waals surface area contributed by atoms with Gasteiger partial charge in [-0.2, -0.15) is 5.10 Å². The second kappa shape index (κ2) is 3.63. The molecule has 0 aromatic carbocycles. The zero-order valence-corrected chi connectivity index (χ0v) is 9.00. The molecule has 2 saturated carbocycles. The van der Waals surface area contributed by atoms with E-state index in [2.05, 4.69) is 10.2 Å². The number of nitrogens with zero attached hydrogens (tertiary/aromatic N) is 1. The molecule has 0 radical (unpaired) electrons. The van der Waals surface area contributed by atoms with E-state index < -0.39 is 0 Å². The third-order valence-corrected chi connectivity index (χ3v) is 3.82. The minimum atomic E-state index is 0.161. The van der Waals surface area contributed by atoms with Crippen LogP contribution in [0.25, 0.3) is 0 Å². The Morgan fingerprint density at radius 1 is 1.13 bits per heavy atom. The van der Waals surface area contributed by atoms with E-state index in [1.807, 2.05) is 0 Å². The molecule has 82 valence electrons. The number of H-pyrrole nitrogens is 1. The lowest BCUT2D eigenvalue weighted by molar-refractivity contribution is 0.278. The van der Waals surface area contributed by atoms with Crippen LogP contribution in [0.1, 0.15) is 67.3 Å². The Labute approximate surface area is 89.9 Å². The maximum Gasteiger partial charge on any atom is 0.0718 e. The first kappa shape index (κ1) is 9.40. The van der Waals surface area contributed by atoms with Gasteiger partial charge in [-0.05, 0) is 25.7 Å². The van der Waals surface area contributed by atoms with Crippen molar-refractivity contribution in [2.45, 2.75) is 57.0 Å². The molecule has 0 unspecified atom stereocenters. The van der Waals surface area contributed by atoms with Crippen molar-refractivity contribution in [3.05, 3.63) is 17.0 Å². The molecule has 0 aliphatic heterocycles. The highest BCUT2D eigenvalue weighted by Gasteiger charge is 2.31. The lowest BCUT2D eigenvalue weighted by atomic mass is 9.98. The van der Waals surface area contributed by atoms with E-state index in [1.165, 1.54) is 44.2 Å². The van der Waals surface area contributed by atoms with Crippen LogP contribution in [0.5, 0.6) is 0 Å². The molecule has 15 heavy (non-hydrogen) atoms. The van der Waals surface area contributed by atoms with Gasteiger partial charge in [0, 0.05) is 23.1 Å². The van der Waals surface area contributed by atoms with E-state index in [1.54, 1.807) is 0 Å². The highest BCUT2D eigenvalue weighted by atomic mass is 16.3. The van der Waals surface area contributed by atoms with E-state index >= 15 is 0 Å². The van der Waals surface area contributed by atoms with Gasteiger partial charge in [0.2, 0.25) is 0 Å². The third kappa shape index (κ3) is 1.59. The first-order chi connectivity index (χ1) is 7.40. The highest BCUT2D eigenvalue weighted by Crippen LogP contribution is 2.43. The average Bonchev–Trinajstić information content (AvgIpc) is 2.83. The van der Waals surface area contributed by atoms with Gasteiger partial charge in [-0.25, -0.2) is 0 Å². The van der Waals surface area contributed by atoms with Crippen LogP contribution in [0.2, 0.25) is 0 Å². The van der Waals surface area contributed by atoms with Gasteiger partial charge >= 0.3 is 0 Å². The summed E-state index contributed by atoms with van der Waals surface area (Å²) < 4.78 is 0. The van der Waals surface area contributed by atoms with Crippen molar-refractivity contribution >= 4 is 0 Å². The molecule has 0 saturated heterocycles. The van der Waals surface area contributed by atoms with Gasteiger partial charge in [-0.3, -0.25) is 5.10 Å². The average molecular weight is 206 g/mol. The van der Waals surface area contributed by atoms with Gasteiger partial charge in [-0.1, -0.05) is 12.8 Å². The monoisotopic (exact) mass is 206 g/mol. The van der Waals surface area contributed by atoms with Crippen molar-refractivity contribution < 1.29 is 5.11 Å². The molecule has 1 heterocycles. The van der Waals surface area contributed by atoms with E-state index in [0.29, 0.717) is 11.8 Å². The van der Waals surface area contributed by atoms with Crippen LogP contribution in [0.3, 0.4) is 0 Å². The Morgan fingerprint density at radius 2 is 1.87 bits per heavy atom. The topological polar surface area (TPSA) is 48.9 Å². The maximum atomic E-state index is 9.47. The lowest BCUT2D eigenvalue weighted by Crippen LogP contribution is -1.99. The van der Waals surface area contributed by atoms with Crippen molar-refractivity contribution in [3.8, 4) is 0 Å². The van der Waals surface area contributed by atoms with Gasteiger partial charge in [0.25, 0.3) is 0 Å². The first-order valence-corrected chi connectivity index (χ1v) is 6.08. The molecular weight excluding hydrogens is 188 g/mol. The molecule has 3 rings (SSSR count). The maximum absolute atomic E-state index is 9.47. The van der Waals surface area contributed by atoms with Crippen molar-refractivity contribution in [1.82, 2.24) is 10.2 Å². The molecule has 1 aromatic heterocycles. The fourth-order valence-electron chi connectivity index (χ4n) is 2.81. The summed E-state index contributed by atoms with van der Waals surface area (Å²) in [5.74, 6) is 1.27. The summed E-state index contributed by atoms with van der Waals surface area (Å²) >= 11 is 0. The second-order valence-corrected chi connectivity index (χ2v) is 4.91. The SMILES string of the molecule is OCc1c(C2CCCC2)n[nH]c1C1CC1. The summed E-state index contributed by atoms with van der Waals surface area (Å²) in [6, 6.07) is 0. The summed E-state index contributed by atoms with van der Waals surface area (Å²) in [5.41, 5.74) is 3.50. The van der Waals surface area contributed by atoms with Gasteiger partial charge in [-0.15, -0.1) is 0 Å². The molecule has 3 nitrogen and oxygen atoms in total. The number of nitrogens with one attached hydrogen (secondary N) is 1. The molecule has 2 aliphatic carbocycles. The zero-order valence-electron chi connectivity index (χ0n) is 9.00. The van der Waals surface area contributed by atoms with Gasteiger partial charge in [0.1, 0.15) is 0 Å². The van der Waals surface area contributed by atoms with Crippen LogP contribution in [-0.2, 0) is 6.61 Å². The summed E-state index contributed by atoms with van der Waals surface area (Å²) in [6.45, 7) is 0.161. The minimum Gasteiger partial charge on any atom is -0.392 e. The Morgan fingerprint density at radius 3 is 2.47 bits per heavy atom. The normalized spacial score (nSPS) is 22.5. The Balaban J connectivity index is 1.92. The Hall–Kier alpha value is -0.830. The predicted molar refractivity (Wildman–Crippen MR) is 57.7 cm³/mol. The van der Waals surface area contributed by atoms with Crippen LogP contribution >= 0.6 is 0 Å². The van der Waals surface area contributed by atoms with Gasteiger partial charge in [0.15, 0.2) is 0 Å². The summed E-state index contributed by atoms with van der Waals surface area (Å²) in [6.07, 6.45) is 7.67. The molecule has 1 aromatic rings. The van der Waals surface area contributed by atoms with Crippen molar-refractivity contribution in [3.63, 3.8) is 0 Å². The fourth-order valence-corrected chi connectivity index (χ4v) is 2.81. The van der Waals surface area contributed by atoms with Crippen molar-refractivity contribution in [2.24, 2.45) is 0 Å². The van der Waals surface area contributed by atoms with Gasteiger partial charge < -0.3 is 5.11 Å². The Bertz CT molecular complexity index is 349. The first-order valence-electron chi connectivity index (χ1n) is 6.08. The zero-order chi connectivity index (χ0) is 10.3. The number of aliphatic hydroxyl groups is 1. The van der Waals surface area contributed by atoms with Crippen LogP contribution in [0, 0.1) is 0 Å². The molecule has 0 bridgehead atoms. The molecule has 0 atom stereocenters. The van der Waals surface area contributed by atoms with E-state index in [0.717, 1.165) is 11.3 Å². The third-order valence-electron chi connectivity index (χ3n) is 3.82. The molecule has 3 heteroatoms. The molecule has 2 N–H and O–H groups in total. The summed E-state index contributed by atoms with van der Waals surface area (Å²) in [5, 5.41) is 17.1. The quantitative estimate of drug-likeness (QED) is 0.798. The van der Waals surface area contributed by atoms with Crippen molar-refractivity contribution in [2.75, 3.05) is 0 Å². The largest absolute Gasteiger partial charge is 0.392 e. The van der Waals surface area contributed by atoms with E-state index in [-0.39, 0.29) is 6.61 Å². The molecule has 2 aliphatic rings. The van der Waals surface area contributed by atoms with Gasteiger partial charge in [0.05, 0.1) is 12.3 Å².